The summed E-state index contributed by atoms with van der Waals surface area (Å²) in [4.78, 5) is 12.5. The fourth-order valence-corrected chi connectivity index (χ4v) is 3.04. The van der Waals surface area contributed by atoms with E-state index in [4.69, 9.17) is 4.74 Å². The van der Waals surface area contributed by atoms with Gasteiger partial charge in [0.1, 0.15) is 0 Å². The molecule has 7 heteroatoms. The molecule has 140 valence electrons. The van der Waals surface area contributed by atoms with Gasteiger partial charge in [-0.1, -0.05) is 12.1 Å². The van der Waals surface area contributed by atoms with Crippen molar-refractivity contribution in [1.29, 1.82) is 0 Å². The van der Waals surface area contributed by atoms with Gasteiger partial charge in [0.05, 0.1) is 17.6 Å². The van der Waals surface area contributed by atoms with E-state index < -0.39 is 10.0 Å². The summed E-state index contributed by atoms with van der Waals surface area (Å²) in [6.07, 6.45) is 0.150. The van der Waals surface area contributed by atoms with Gasteiger partial charge in [-0.15, -0.1) is 0 Å². The molecule has 0 atom stereocenters. The fraction of sp³-hybridized carbons (Fsp3) is 0.316. The summed E-state index contributed by atoms with van der Waals surface area (Å²) >= 11 is 0. The molecule has 2 aromatic carbocycles. The molecule has 1 N–H and O–H groups in total. The number of anilines is 1. The van der Waals surface area contributed by atoms with Crippen LogP contribution in [0.3, 0.4) is 0 Å². The average molecular weight is 376 g/mol. The van der Waals surface area contributed by atoms with Crippen LogP contribution in [0.1, 0.15) is 29.8 Å². The number of amides is 1. The molecule has 0 aliphatic heterocycles. The van der Waals surface area contributed by atoms with Crippen molar-refractivity contribution in [1.82, 2.24) is 4.31 Å². The van der Waals surface area contributed by atoms with E-state index in [1.807, 2.05) is 26.0 Å². The maximum Gasteiger partial charge on any atom is 0.255 e. The first-order valence-corrected chi connectivity index (χ1v) is 9.68. The molecule has 0 aromatic heterocycles. The monoisotopic (exact) mass is 376 g/mol. The highest BCUT2D eigenvalue weighted by Crippen LogP contribution is 2.17. The Kier molecular flexibility index (Phi) is 6.52. The number of hydrogen-bond donors (Lipinski definition) is 1. The Morgan fingerprint density at radius 2 is 1.62 bits per heavy atom. The predicted molar refractivity (Wildman–Crippen MR) is 102 cm³/mol. The summed E-state index contributed by atoms with van der Waals surface area (Å²) in [6, 6.07) is 13.2. The summed E-state index contributed by atoms with van der Waals surface area (Å²) in [7, 11) is -0.536. The molecule has 0 saturated heterocycles. The van der Waals surface area contributed by atoms with Gasteiger partial charge in [-0.05, 0) is 55.8 Å². The van der Waals surface area contributed by atoms with E-state index in [1.54, 1.807) is 24.3 Å². The van der Waals surface area contributed by atoms with Gasteiger partial charge in [0.15, 0.2) is 0 Å². The normalized spacial score (nSPS) is 11.8. The molecule has 26 heavy (non-hydrogen) atoms. The van der Waals surface area contributed by atoms with Crippen LogP contribution >= 0.6 is 0 Å². The molecule has 0 aliphatic rings. The molecule has 0 radical (unpaired) electrons. The standard InChI is InChI=1S/C19H24N2O4S/c1-14(2)25-13-15-5-7-16(8-6-15)19(22)20-17-9-11-18(12-10-17)26(23,24)21(3)4/h5-12,14H,13H2,1-4H3,(H,20,22). The average Bonchev–Trinajstić information content (AvgIpc) is 2.60. The van der Waals surface area contributed by atoms with Crippen molar-refractivity contribution in [3.63, 3.8) is 0 Å². The summed E-state index contributed by atoms with van der Waals surface area (Å²) in [5.41, 5.74) is 2.04. The second kappa shape index (κ2) is 8.44. The first-order chi connectivity index (χ1) is 12.2. The van der Waals surface area contributed by atoms with Crippen LogP contribution in [0, 0.1) is 0 Å². The molecule has 1 amide bonds. The lowest BCUT2D eigenvalue weighted by Gasteiger charge is -2.12. The van der Waals surface area contributed by atoms with Crippen molar-refractivity contribution in [3.05, 3.63) is 59.7 Å². The van der Waals surface area contributed by atoms with E-state index in [1.165, 1.54) is 26.2 Å². The second-order valence-electron chi connectivity index (χ2n) is 6.32. The largest absolute Gasteiger partial charge is 0.374 e. The number of sulfonamides is 1. The molecule has 2 rings (SSSR count). The number of nitrogens with zero attached hydrogens (tertiary/aromatic N) is 1. The number of benzene rings is 2. The number of nitrogens with one attached hydrogen (secondary N) is 1. The van der Waals surface area contributed by atoms with Gasteiger partial charge in [-0.25, -0.2) is 12.7 Å². The van der Waals surface area contributed by atoms with Crippen molar-refractivity contribution < 1.29 is 17.9 Å². The Balaban J connectivity index is 2.03. The summed E-state index contributed by atoms with van der Waals surface area (Å²) in [5.74, 6) is -0.260. The van der Waals surface area contributed by atoms with Gasteiger partial charge in [-0.3, -0.25) is 4.79 Å². The van der Waals surface area contributed by atoms with Gasteiger partial charge >= 0.3 is 0 Å². The number of ether oxygens (including phenoxy) is 1. The molecule has 0 fully saturated rings. The number of carbonyl (C=O) groups excluding carboxylic acids is 1. The highest BCUT2D eigenvalue weighted by atomic mass is 32.2. The van der Waals surface area contributed by atoms with Gasteiger partial charge in [0.25, 0.3) is 5.91 Å². The minimum Gasteiger partial charge on any atom is -0.374 e. The van der Waals surface area contributed by atoms with Crippen molar-refractivity contribution in [2.45, 2.75) is 31.5 Å². The Bertz CT molecular complexity index is 842. The van der Waals surface area contributed by atoms with Crippen LogP contribution in [0.15, 0.2) is 53.4 Å². The van der Waals surface area contributed by atoms with Crippen LogP contribution in [0.25, 0.3) is 0 Å². The quantitative estimate of drug-likeness (QED) is 0.806. The Hall–Kier alpha value is -2.22. The topological polar surface area (TPSA) is 75.7 Å². The zero-order valence-electron chi connectivity index (χ0n) is 15.4. The molecule has 0 heterocycles. The van der Waals surface area contributed by atoms with Crippen LogP contribution in [0.5, 0.6) is 0 Å². The second-order valence-corrected chi connectivity index (χ2v) is 8.47. The molecule has 0 saturated carbocycles. The van der Waals surface area contributed by atoms with E-state index in [0.717, 1.165) is 9.87 Å². The Labute approximate surface area is 154 Å². The molecule has 0 spiro atoms. The lowest BCUT2D eigenvalue weighted by atomic mass is 10.1. The number of rotatable bonds is 7. The summed E-state index contributed by atoms with van der Waals surface area (Å²) in [6.45, 7) is 4.44. The van der Waals surface area contributed by atoms with Crippen molar-refractivity contribution in [2.24, 2.45) is 0 Å². The molecular weight excluding hydrogens is 352 g/mol. The smallest absolute Gasteiger partial charge is 0.255 e. The zero-order chi connectivity index (χ0) is 19.3. The van der Waals surface area contributed by atoms with Crippen molar-refractivity contribution >= 4 is 21.6 Å². The first kappa shape index (κ1) is 20.1. The molecule has 6 nitrogen and oxygen atoms in total. The van der Waals surface area contributed by atoms with E-state index in [9.17, 15) is 13.2 Å². The fourth-order valence-electron chi connectivity index (χ4n) is 2.14. The third-order valence-corrected chi connectivity index (χ3v) is 5.52. The Morgan fingerprint density at radius 1 is 1.04 bits per heavy atom. The van der Waals surface area contributed by atoms with E-state index >= 15 is 0 Å². The van der Waals surface area contributed by atoms with Crippen LogP contribution in [0.4, 0.5) is 5.69 Å². The summed E-state index contributed by atoms with van der Waals surface area (Å²) in [5, 5.41) is 2.76. The maximum atomic E-state index is 12.3. The highest BCUT2D eigenvalue weighted by Gasteiger charge is 2.16. The lowest BCUT2D eigenvalue weighted by molar-refractivity contribution is 0.0657. The predicted octanol–water partition coefficient (Wildman–Crippen LogP) is 3.11. The van der Waals surface area contributed by atoms with Gasteiger partial charge in [-0.2, -0.15) is 0 Å². The SMILES string of the molecule is CC(C)OCc1ccc(C(=O)Nc2ccc(S(=O)(=O)N(C)C)cc2)cc1. The van der Waals surface area contributed by atoms with Crippen molar-refractivity contribution in [2.75, 3.05) is 19.4 Å². The molecule has 0 unspecified atom stereocenters. The Morgan fingerprint density at radius 3 is 2.12 bits per heavy atom. The van der Waals surface area contributed by atoms with Gasteiger partial charge < -0.3 is 10.1 Å². The van der Waals surface area contributed by atoms with Crippen molar-refractivity contribution in [3.8, 4) is 0 Å². The summed E-state index contributed by atoms with van der Waals surface area (Å²) < 4.78 is 30.8. The molecule has 0 aliphatic carbocycles. The molecule has 0 bridgehead atoms. The number of carbonyl (C=O) groups is 1. The van der Waals surface area contributed by atoms with Crippen LogP contribution in [0.2, 0.25) is 0 Å². The van der Waals surface area contributed by atoms with E-state index in [2.05, 4.69) is 5.32 Å². The van der Waals surface area contributed by atoms with Crippen LogP contribution in [-0.2, 0) is 21.4 Å². The molecule has 2 aromatic rings. The van der Waals surface area contributed by atoms with Gasteiger partial charge in [0, 0.05) is 25.3 Å². The maximum absolute atomic E-state index is 12.3. The van der Waals surface area contributed by atoms with Crippen LogP contribution in [-0.4, -0.2) is 38.8 Å². The highest BCUT2D eigenvalue weighted by molar-refractivity contribution is 7.89. The minimum absolute atomic E-state index is 0.150. The lowest BCUT2D eigenvalue weighted by Crippen LogP contribution is -2.22. The molecular formula is C19H24N2O4S. The minimum atomic E-state index is -3.48. The zero-order valence-corrected chi connectivity index (χ0v) is 16.2. The number of hydrogen-bond acceptors (Lipinski definition) is 4. The van der Waals surface area contributed by atoms with Crippen LogP contribution < -0.4 is 5.32 Å². The third-order valence-electron chi connectivity index (χ3n) is 3.69. The van der Waals surface area contributed by atoms with E-state index in [-0.39, 0.29) is 16.9 Å². The third kappa shape index (κ3) is 5.14. The van der Waals surface area contributed by atoms with E-state index in [0.29, 0.717) is 17.9 Å². The van der Waals surface area contributed by atoms with Gasteiger partial charge in [0.2, 0.25) is 10.0 Å². The first-order valence-electron chi connectivity index (χ1n) is 8.24.